The van der Waals surface area contributed by atoms with Crippen molar-refractivity contribution in [3.8, 4) is 5.75 Å². The second-order valence-corrected chi connectivity index (χ2v) is 7.12. The van der Waals surface area contributed by atoms with Gasteiger partial charge in [0, 0.05) is 19.3 Å². The fraction of sp³-hybridized carbons (Fsp3) is 0.538. The molecule has 0 aromatic carbocycles. The molecule has 0 amide bonds. The Bertz CT molecular complexity index is 646. The molecule has 1 aliphatic rings. The van der Waals surface area contributed by atoms with Gasteiger partial charge >= 0.3 is 5.97 Å². The van der Waals surface area contributed by atoms with Crippen molar-refractivity contribution in [2.45, 2.75) is 25.2 Å². The molecule has 1 aliphatic heterocycles. The Morgan fingerprint density at radius 2 is 2.29 bits per heavy atom. The number of pyridine rings is 1. The van der Waals surface area contributed by atoms with E-state index in [4.69, 9.17) is 4.74 Å². The summed E-state index contributed by atoms with van der Waals surface area (Å²) in [5.41, 5.74) is -1.05. The molecule has 1 aromatic rings. The summed E-state index contributed by atoms with van der Waals surface area (Å²) in [6, 6.07) is 1.49. The molecule has 0 aliphatic carbocycles. The predicted molar refractivity (Wildman–Crippen MR) is 74.5 cm³/mol. The fourth-order valence-electron chi connectivity index (χ4n) is 2.27. The standard InChI is InChI=1S/C13H18N2O5S/c1-3-20-10-4-6-14-8-11(10)21(18,19)15-7-5-13(2,9-15)12(16)17/h4,6,8H,3,5,7,9H2,1-2H3,(H,16,17). The molecule has 0 saturated carbocycles. The van der Waals surface area contributed by atoms with E-state index in [1.165, 1.54) is 22.8 Å². The van der Waals surface area contributed by atoms with E-state index in [9.17, 15) is 18.3 Å². The minimum atomic E-state index is -3.81. The van der Waals surface area contributed by atoms with Crippen LogP contribution in [0.2, 0.25) is 0 Å². The van der Waals surface area contributed by atoms with Gasteiger partial charge in [-0.1, -0.05) is 0 Å². The van der Waals surface area contributed by atoms with Gasteiger partial charge in [-0.15, -0.1) is 0 Å². The van der Waals surface area contributed by atoms with Crippen molar-refractivity contribution in [3.05, 3.63) is 18.5 Å². The van der Waals surface area contributed by atoms with Crippen molar-refractivity contribution in [2.75, 3.05) is 19.7 Å². The SMILES string of the molecule is CCOc1ccncc1S(=O)(=O)N1CCC(C)(C(=O)O)C1. The van der Waals surface area contributed by atoms with E-state index in [0.29, 0.717) is 6.61 Å². The van der Waals surface area contributed by atoms with Gasteiger partial charge in [-0.2, -0.15) is 4.31 Å². The minimum absolute atomic E-state index is 0.0264. The molecular weight excluding hydrogens is 296 g/mol. The van der Waals surface area contributed by atoms with Crippen molar-refractivity contribution in [1.29, 1.82) is 0 Å². The lowest BCUT2D eigenvalue weighted by atomic mass is 9.90. The minimum Gasteiger partial charge on any atom is -0.492 e. The van der Waals surface area contributed by atoms with Gasteiger partial charge in [0.1, 0.15) is 10.6 Å². The Morgan fingerprint density at radius 3 is 2.86 bits per heavy atom. The van der Waals surface area contributed by atoms with Crippen LogP contribution in [-0.2, 0) is 14.8 Å². The fourth-order valence-corrected chi connectivity index (χ4v) is 3.91. The normalized spacial score (nSPS) is 23.1. The number of aliphatic carboxylic acids is 1. The predicted octanol–water partition coefficient (Wildman–Crippen LogP) is 0.966. The van der Waals surface area contributed by atoms with Crippen LogP contribution in [0.1, 0.15) is 20.3 Å². The smallest absolute Gasteiger partial charge is 0.310 e. The van der Waals surface area contributed by atoms with Crippen LogP contribution in [-0.4, -0.2) is 48.5 Å². The van der Waals surface area contributed by atoms with Crippen LogP contribution in [0, 0.1) is 5.41 Å². The molecule has 1 aromatic heterocycles. The van der Waals surface area contributed by atoms with E-state index >= 15 is 0 Å². The zero-order chi connectivity index (χ0) is 15.7. The van der Waals surface area contributed by atoms with Crippen molar-refractivity contribution in [3.63, 3.8) is 0 Å². The highest BCUT2D eigenvalue weighted by Gasteiger charge is 2.45. The van der Waals surface area contributed by atoms with Crippen LogP contribution in [0.5, 0.6) is 5.75 Å². The van der Waals surface area contributed by atoms with Gasteiger partial charge in [-0.25, -0.2) is 8.42 Å². The Morgan fingerprint density at radius 1 is 1.57 bits per heavy atom. The Hall–Kier alpha value is -1.67. The van der Waals surface area contributed by atoms with E-state index in [2.05, 4.69) is 4.98 Å². The first-order valence-electron chi connectivity index (χ1n) is 6.61. The maximum Gasteiger partial charge on any atom is 0.310 e. The maximum atomic E-state index is 12.7. The summed E-state index contributed by atoms with van der Waals surface area (Å²) in [6.07, 6.45) is 2.97. The summed E-state index contributed by atoms with van der Waals surface area (Å²) in [5.74, 6) is -0.757. The average Bonchev–Trinajstić information content (AvgIpc) is 2.84. The summed E-state index contributed by atoms with van der Waals surface area (Å²) in [5, 5.41) is 9.21. The van der Waals surface area contributed by atoms with Gasteiger partial charge in [0.2, 0.25) is 10.0 Å². The summed E-state index contributed by atoms with van der Waals surface area (Å²) >= 11 is 0. The van der Waals surface area contributed by atoms with Crippen molar-refractivity contribution < 1.29 is 23.1 Å². The third-order valence-electron chi connectivity index (χ3n) is 3.62. The summed E-state index contributed by atoms with van der Waals surface area (Å²) in [6.45, 7) is 3.77. The lowest BCUT2D eigenvalue weighted by molar-refractivity contribution is -0.146. The molecule has 0 bridgehead atoms. The van der Waals surface area contributed by atoms with Crippen LogP contribution >= 0.6 is 0 Å². The molecular formula is C13H18N2O5S. The van der Waals surface area contributed by atoms with Gasteiger partial charge in [-0.3, -0.25) is 9.78 Å². The highest BCUT2D eigenvalue weighted by atomic mass is 32.2. The first-order chi connectivity index (χ1) is 9.81. The summed E-state index contributed by atoms with van der Waals surface area (Å²) < 4.78 is 31.8. The molecule has 7 nitrogen and oxygen atoms in total. The zero-order valence-electron chi connectivity index (χ0n) is 11.9. The molecule has 2 heterocycles. The molecule has 21 heavy (non-hydrogen) atoms. The molecule has 1 atom stereocenters. The number of sulfonamides is 1. The molecule has 2 rings (SSSR count). The summed E-state index contributed by atoms with van der Waals surface area (Å²) in [4.78, 5) is 15.1. The topological polar surface area (TPSA) is 96.8 Å². The number of carboxylic acids is 1. The number of nitrogens with zero attached hydrogens (tertiary/aromatic N) is 2. The lowest BCUT2D eigenvalue weighted by Crippen LogP contribution is -2.35. The number of hydrogen-bond donors (Lipinski definition) is 1. The quantitative estimate of drug-likeness (QED) is 0.869. The largest absolute Gasteiger partial charge is 0.492 e. The van der Waals surface area contributed by atoms with E-state index in [1.807, 2.05) is 0 Å². The Labute approximate surface area is 123 Å². The molecule has 1 unspecified atom stereocenters. The monoisotopic (exact) mass is 314 g/mol. The summed E-state index contributed by atoms with van der Waals surface area (Å²) in [7, 11) is -3.81. The lowest BCUT2D eigenvalue weighted by Gasteiger charge is -2.20. The number of carboxylic acid groups (broad SMARTS) is 1. The molecule has 8 heteroatoms. The molecule has 116 valence electrons. The molecule has 1 N–H and O–H groups in total. The Kier molecular flexibility index (Phi) is 4.20. The van der Waals surface area contributed by atoms with E-state index in [0.717, 1.165) is 0 Å². The van der Waals surface area contributed by atoms with Crippen molar-refractivity contribution in [2.24, 2.45) is 5.41 Å². The zero-order valence-corrected chi connectivity index (χ0v) is 12.8. The van der Waals surface area contributed by atoms with Crippen LogP contribution in [0.4, 0.5) is 0 Å². The van der Waals surface area contributed by atoms with Crippen LogP contribution in [0.15, 0.2) is 23.4 Å². The maximum absolute atomic E-state index is 12.7. The molecule has 1 saturated heterocycles. The van der Waals surface area contributed by atoms with Gasteiger partial charge in [0.15, 0.2) is 0 Å². The third-order valence-corrected chi connectivity index (χ3v) is 5.47. The van der Waals surface area contributed by atoms with Gasteiger partial charge < -0.3 is 9.84 Å². The Balaban J connectivity index is 2.34. The van der Waals surface area contributed by atoms with Gasteiger partial charge in [-0.05, 0) is 26.3 Å². The van der Waals surface area contributed by atoms with E-state index < -0.39 is 21.4 Å². The second-order valence-electron chi connectivity index (χ2n) is 5.21. The van der Waals surface area contributed by atoms with Crippen molar-refractivity contribution >= 4 is 16.0 Å². The van der Waals surface area contributed by atoms with E-state index in [1.54, 1.807) is 13.8 Å². The highest BCUT2D eigenvalue weighted by molar-refractivity contribution is 7.89. The number of rotatable bonds is 5. The number of hydrogen-bond acceptors (Lipinski definition) is 5. The molecule has 0 radical (unpaired) electrons. The van der Waals surface area contributed by atoms with E-state index in [-0.39, 0.29) is 30.2 Å². The number of ether oxygens (including phenoxy) is 1. The second kappa shape index (κ2) is 5.61. The molecule has 0 spiro atoms. The average molecular weight is 314 g/mol. The first-order valence-corrected chi connectivity index (χ1v) is 8.05. The molecule has 1 fully saturated rings. The van der Waals surface area contributed by atoms with Gasteiger partial charge in [0.05, 0.1) is 18.2 Å². The first kappa shape index (κ1) is 15.7. The van der Waals surface area contributed by atoms with Crippen LogP contribution < -0.4 is 4.74 Å². The number of carbonyl (C=O) groups is 1. The van der Waals surface area contributed by atoms with Crippen LogP contribution in [0.25, 0.3) is 0 Å². The number of aromatic nitrogens is 1. The van der Waals surface area contributed by atoms with Crippen LogP contribution in [0.3, 0.4) is 0 Å². The highest BCUT2D eigenvalue weighted by Crippen LogP contribution is 2.35. The van der Waals surface area contributed by atoms with Crippen molar-refractivity contribution in [1.82, 2.24) is 9.29 Å². The van der Waals surface area contributed by atoms with Gasteiger partial charge in [0.25, 0.3) is 0 Å². The third kappa shape index (κ3) is 2.86.